The highest BCUT2D eigenvalue weighted by Gasteiger charge is 2.04. The average Bonchev–Trinajstić information content (AvgIpc) is 2.41. The molecule has 0 radical (unpaired) electrons. The fourth-order valence-electron chi connectivity index (χ4n) is 2.02. The number of nitrogens with zero attached hydrogens (tertiary/aromatic N) is 1. The van der Waals surface area contributed by atoms with Gasteiger partial charge in [0.15, 0.2) is 0 Å². The van der Waals surface area contributed by atoms with Crippen LogP contribution in [0.15, 0.2) is 48.5 Å². The second kappa shape index (κ2) is 6.19. The zero-order valence-electron chi connectivity index (χ0n) is 11.7. The molecule has 0 amide bonds. The van der Waals surface area contributed by atoms with Crippen LogP contribution in [0.3, 0.4) is 0 Å². The number of nitrogens with one attached hydrogen (secondary N) is 1. The highest BCUT2D eigenvalue weighted by Crippen LogP contribution is 2.17. The number of nitro groups is 1. The first-order valence-corrected chi connectivity index (χ1v) is 6.63. The van der Waals surface area contributed by atoms with Crippen molar-refractivity contribution in [1.82, 2.24) is 0 Å². The summed E-state index contributed by atoms with van der Waals surface area (Å²) in [5.41, 5.74) is 3.49. The van der Waals surface area contributed by atoms with Crippen molar-refractivity contribution in [2.45, 2.75) is 26.3 Å². The normalized spacial score (nSPS) is 10.6. The van der Waals surface area contributed by atoms with E-state index in [0.717, 1.165) is 17.7 Å². The number of hydrogen-bond donors (Lipinski definition) is 1. The van der Waals surface area contributed by atoms with E-state index >= 15 is 0 Å². The Labute approximate surface area is 118 Å². The highest BCUT2D eigenvalue weighted by molar-refractivity contribution is 5.46. The lowest BCUT2D eigenvalue weighted by atomic mass is 10.0. The predicted octanol–water partition coefficient (Wildman–Crippen LogP) is 4.01. The van der Waals surface area contributed by atoms with Gasteiger partial charge >= 0.3 is 0 Å². The van der Waals surface area contributed by atoms with Crippen LogP contribution in [0, 0.1) is 10.1 Å². The molecule has 104 valence electrons. The third-order valence-corrected chi connectivity index (χ3v) is 2.96. The van der Waals surface area contributed by atoms with Gasteiger partial charge in [-0.05, 0) is 43.5 Å². The molecule has 0 atom stereocenters. The maximum absolute atomic E-state index is 10.6. The van der Waals surface area contributed by atoms with Crippen LogP contribution in [-0.4, -0.2) is 11.0 Å². The Bertz CT molecular complexity index is 574. The SMILES string of the molecule is CC(C)Nc1ccc(Cc2ccc([N+](=O)[O-])cc2)cc1. The van der Waals surface area contributed by atoms with Crippen LogP contribution in [0.5, 0.6) is 0 Å². The first-order chi connectivity index (χ1) is 9.54. The van der Waals surface area contributed by atoms with Crippen LogP contribution in [-0.2, 0) is 6.42 Å². The minimum Gasteiger partial charge on any atom is -0.383 e. The summed E-state index contributed by atoms with van der Waals surface area (Å²) >= 11 is 0. The average molecular weight is 270 g/mol. The van der Waals surface area contributed by atoms with Crippen LogP contribution < -0.4 is 5.32 Å². The molecule has 4 nitrogen and oxygen atoms in total. The Morgan fingerprint density at radius 2 is 1.50 bits per heavy atom. The zero-order chi connectivity index (χ0) is 14.5. The topological polar surface area (TPSA) is 55.2 Å². The number of rotatable bonds is 5. The molecule has 0 aliphatic rings. The summed E-state index contributed by atoms with van der Waals surface area (Å²) in [5.74, 6) is 0. The minimum atomic E-state index is -0.379. The molecule has 0 aliphatic heterocycles. The summed E-state index contributed by atoms with van der Waals surface area (Å²) < 4.78 is 0. The minimum absolute atomic E-state index is 0.130. The van der Waals surface area contributed by atoms with Crippen molar-refractivity contribution in [3.63, 3.8) is 0 Å². The zero-order valence-corrected chi connectivity index (χ0v) is 11.7. The Hall–Kier alpha value is -2.36. The summed E-state index contributed by atoms with van der Waals surface area (Å²) in [6.45, 7) is 4.20. The molecule has 0 heterocycles. The second-order valence-corrected chi connectivity index (χ2v) is 5.10. The molecule has 20 heavy (non-hydrogen) atoms. The van der Waals surface area contributed by atoms with E-state index in [2.05, 4.69) is 43.4 Å². The molecule has 0 spiro atoms. The van der Waals surface area contributed by atoms with Gasteiger partial charge in [-0.2, -0.15) is 0 Å². The Balaban J connectivity index is 2.04. The van der Waals surface area contributed by atoms with E-state index in [1.165, 1.54) is 5.56 Å². The van der Waals surface area contributed by atoms with Crippen molar-refractivity contribution < 1.29 is 4.92 Å². The molecule has 0 aromatic heterocycles. The standard InChI is InChI=1S/C16H18N2O2/c1-12(2)17-15-7-3-13(4-8-15)11-14-5-9-16(10-6-14)18(19)20/h3-10,12,17H,11H2,1-2H3. The third kappa shape index (κ3) is 3.82. The van der Waals surface area contributed by atoms with Crippen molar-refractivity contribution in [2.24, 2.45) is 0 Å². The molecule has 0 saturated carbocycles. The van der Waals surface area contributed by atoms with Crippen molar-refractivity contribution in [3.8, 4) is 0 Å². The molecule has 0 saturated heterocycles. The van der Waals surface area contributed by atoms with Crippen molar-refractivity contribution >= 4 is 11.4 Å². The van der Waals surface area contributed by atoms with E-state index in [1.54, 1.807) is 24.3 Å². The van der Waals surface area contributed by atoms with Gasteiger partial charge in [0.2, 0.25) is 0 Å². The highest BCUT2D eigenvalue weighted by atomic mass is 16.6. The van der Waals surface area contributed by atoms with Gasteiger partial charge in [-0.25, -0.2) is 0 Å². The van der Waals surface area contributed by atoms with Crippen molar-refractivity contribution in [2.75, 3.05) is 5.32 Å². The van der Waals surface area contributed by atoms with E-state index in [9.17, 15) is 10.1 Å². The Morgan fingerprint density at radius 3 is 1.95 bits per heavy atom. The van der Waals surface area contributed by atoms with Crippen LogP contribution in [0.2, 0.25) is 0 Å². The lowest BCUT2D eigenvalue weighted by Gasteiger charge is -2.10. The smallest absolute Gasteiger partial charge is 0.269 e. The number of anilines is 1. The molecule has 0 aliphatic carbocycles. The quantitative estimate of drug-likeness (QED) is 0.659. The van der Waals surface area contributed by atoms with Crippen LogP contribution in [0.25, 0.3) is 0 Å². The Kier molecular flexibility index (Phi) is 4.35. The van der Waals surface area contributed by atoms with Crippen LogP contribution in [0.1, 0.15) is 25.0 Å². The largest absolute Gasteiger partial charge is 0.383 e. The summed E-state index contributed by atoms with van der Waals surface area (Å²) in [6.07, 6.45) is 0.778. The molecule has 0 bridgehead atoms. The number of nitro benzene ring substituents is 1. The maximum atomic E-state index is 10.6. The maximum Gasteiger partial charge on any atom is 0.269 e. The van der Waals surface area contributed by atoms with E-state index in [0.29, 0.717) is 6.04 Å². The van der Waals surface area contributed by atoms with Crippen molar-refractivity contribution in [3.05, 3.63) is 69.8 Å². The molecule has 2 rings (SSSR count). The van der Waals surface area contributed by atoms with E-state index in [1.807, 2.05) is 0 Å². The molecule has 4 heteroatoms. The molecular weight excluding hydrogens is 252 g/mol. The lowest BCUT2D eigenvalue weighted by Crippen LogP contribution is -2.09. The number of benzene rings is 2. The molecule has 2 aromatic carbocycles. The first-order valence-electron chi connectivity index (χ1n) is 6.63. The van der Waals surface area contributed by atoms with Gasteiger partial charge in [0, 0.05) is 23.9 Å². The van der Waals surface area contributed by atoms with Gasteiger partial charge in [0.05, 0.1) is 4.92 Å². The molecule has 1 N–H and O–H groups in total. The van der Waals surface area contributed by atoms with Gasteiger partial charge in [0.1, 0.15) is 0 Å². The Morgan fingerprint density at radius 1 is 1.00 bits per heavy atom. The summed E-state index contributed by atoms with van der Waals surface area (Å²) in [5, 5.41) is 13.9. The van der Waals surface area contributed by atoms with Gasteiger partial charge in [-0.15, -0.1) is 0 Å². The monoisotopic (exact) mass is 270 g/mol. The predicted molar refractivity (Wildman–Crippen MR) is 81.1 cm³/mol. The lowest BCUT2D eigenvalue weighted by molar-refractivity contribution is -0.384. The summed E-state index contributed by atoms with van der Waals surface area (Å²) in [7, 11) is 0. The van der Waals surface area contributed by atoms with E-state index in [-0.39, 0.29) is 10.6 Å². The summed E-state index contributed by atoms with van der Waals surface area (Å²) in [4.78, 5) is 10.2. The molecule has 0 unspecified atom stereocenters. The van der Waals surface area contributed by atoms with Gasteiger partial charge in [-0.3, -0.25) is 10.1 Å². The fourth-order valence-corrected chi connectivity index (χ4v) is 2.02. The third-order valence-electron chi connectivity index (χ3n) is 2.96. The number of hydrogen-bond acceptors (Lipinski definition) is 3. The van der Waals surface area contributed by atoms with Crippen molar-refractivity contribution in [1.29, 1.82) is 0 Å². The second-order valence-electron chi connectivity index (χ2n) is 5.10. The van der Waals surface area contributed by atoms with E-state index in [4.69, 9.17) is 0 Å². The van der Waals surface area contributed by atoms with Gasteiger partial charge in [-0.1, -0.05) is 24.3 Å². The van der Waals surface area contributed by atoms with E-state index < -0.39 is 0 Å². The number of non-ortho nitro benzene ring substituents is 1. The summed E-state index contributed by atoms with van der Waals surface area (Å²) in [6, 6.07) is 15.4. The first kappa shape index (κ1) is 14.1. The fraction of sp³-hybridized carbons (Fsp3) is 0.250. The molecule has 2 aromatic rings. The molecule has 0 fully saturated rings. The van der Waals surface area contributed by atoms with Gasteiger partial charge < -0.3 is 5.32 Å². The van der Waals surface area contributed by atoms with Gasteiger partial charge in [0.25, 0.3) is 5.69 Å². The van der Waals surface area contributed by atoms with Crippen LogP contribution >= 0.6 is 0 Å². The molecular formula is C16H18N2O2. The van der Waals surface area contributed by atoms with Crippen LogP contribution in [0.4, 0.5) is 11.4 Å².